The molecule has 15 heavy (non-hydrogen) atoms. The fourth-order valence-corrected chi connectivity index (χ4v) is 1.57. The molecule has 0 fully saturated rings. The third-order valence-electron chi connectivity index (χ3n) is 2.41. The number of para-hydroxylation sites is 1. The molecule has 0 unspecified atom stereocenters. The van der Waals surface area contributed by atoms with Gasteiger partial charge in [-0.3, -0.25) is 4.98 Å². The SMILES string of the molecule is CC(=Cc1ccnc2ccccc12)CN. The number of aromatic nitrogens is 1. The quantitative estimate of drug-likeness (QED) is 0.805. The van der Waals surface area contributed by atoms with Crippen molar-refractivity contribution in [2.24, 2.45) is 5.73 Å². The van der Waals surface area contributed by atoms with Crippen LogP contribution in [0.15, 0.2) is 42.1 Å². The van der Waals surface area contributed by atoms with Crippen molar-refractivity contribution in [3.8, 4) is 0 Å². The zero-order valence-corrected chi connectivity index (χ0v) is 8.77. The maximum atomic E-state index is 5.58. The highest BCUT2D eigenvalue weighted by atomic mass is 14.6. The predicted molar refractivity (Wildman–Crippen MR) is 64.4 cm³/mol. The van der Waals surface area contributed by atoms with E-state index in [9.17, 15) is 0 Å². The maximum absolute atomic E-state index is 5.58. The van der Waals surface area contributed by atoms with Gasteiger partial charge in [0, 0.05) is 18.1 Å². The summed E-state index contributed by atoms with van der Waals surface area (Å²) in [6.07, 6.45) is 3.95. The molecule has 0 amide bonds. The molecule has 1 aromatic heterocycles. The summed E-state index contributed by atoms with van der Waals surface area (Å²) in [4.78, 5) is 4.31. The number of nitrogens with zero attached hydrogens (tertiary/aromatic N) is 1. The second kappa shape index (κ2) is 4.24. The largest absolute Gasteiger partial charge is 0.327 e. The van der Waals surface area contributed by atoms with E-state index in [1.54, 1.807) is 0 Å². The van der Waals surface area contributed by atoms with Gasteiger partial charge in [0.05, 0.1) is 5.52 Å². The van der Waals surface area contributed by atoms with Crippen LogP contribution in [0.3, 0.4) is 0 Å². The summed E-state index contributed by atoms with van der Waals surface area (Å²) in [7, 11) is 0. The Morgan fingerprint density at radius 1 is 1.33 bits per heavy atom. The molecule has 2 nitrogen and oxygen atoms in total. The lowest BCUT2D eigenvalue weighted by molar-refractivity contribution is 1.15. The molecule has 2 aromatic rings. The highest BCUT2D eigenvalue weighted by molar-refractivity contribution is 5.87. The molecule has 0 saturated heterocycles. The number of pyridine rings is 1. The van der Waals surface area contributed by atoms with Crippen molar-refractivity contribution in [2.45, 2.75) is 6.92 Å². The van der Waals surface area contributed by atoms with Crippen LogP contribution in [0, 0.1) is 0 Å². The number of hydrogen-bond donors (Lipinski definition) is 1. The Bertz CT molecular complexity index is 495. The van der Waals surface area contributed by atoms with Gasteiger partial charge in [-0.25, -0.2) is 0 Å². The zero-order valence-electron chi connectivity index (χ0n) is 8.77. The van der Waals surface area contributed by atoms with Gasteiger partial charge < -0.3 is 5.73 Å². The van der Waals surface area contributed by atoms with Crippen LogP contribution < -0.4 is 5.73 Å². The van der Waals surface area contributed by atoms with Crippen molar-refractivity contribution in [1.82, 2.24) is 4.98 Å². The second-order valence-corrected chi connectivity index (χ2v) is 3.61. The molecular formula is C13H14N2. The lowest BCUT2D eigenvalue weighted by Crippen LogP contribution is -1.99. The fourth-order valence-electron chi connectivity index (χ4n) is 1.57. The molecule has 1 aromatic carbocycles. The van der Waals surface area contributed by atoms with E-state index in [-0.39, 0.29) is 0 Å². The molecule has 2 N–H and O–H groups in total. The topological polar surface area (TPSA) is 38.9 Å². The van der Waals surface area contributed by atoms with E-state index in [0.717, 1.165) is 5.52 Å². The van der Waals surface area contributed by atoms with E-state index in [1.165, 1.54) is 16.5 Å². The highest BCUT2D eigenvalue weighted by Gasteiger charge is 1.98. The normalized spacial score (nSPS) is 12.0. The van der Waals surface area contributed by atoms with Crippen molar-refractivity contribution in [3.63, 3.8) is 0 Å². The minimum Gasteiger partial charge on any atom is -0.327 e. The van der Waals surface area contributed by atoms with Gasteiger partial charge in [0.1, 0.15) is 0 Å². The van der Waals surface area contributed by atoms with Gasteiger partial charge >= 0.3 is 0 Å². The maximum Gasteiger partial charge on any atom is 0.0707 e. The van der Waals surface area contributed by atoms with Crippen LogP contribution in [0.1, 0.15) is 12.5 Å². The summed E-state index contributed by atoms with van der Waals surface area (Å²) in [5.41, 5.74) is 8.96. The summed E-state index contributed by atoms with van der Waals surface area (Å²) in [6, 6.07) is 10.1. The number of fused-ring (bicyclic) bond motifs is 1. The predicted octanol–water partition coefficient (Wildman–Crippen LogP) is 2.60. The van der Waals surface area contributed by atoms with Crippen LogP contribution in [-0.2, 0) is 0 Å². The fraction of sp³-hybridized carbons (Fsp3) is 0.154. The lowest BCUT2D eigenvalue weighted by Gasteiger charge is -2.02. The number of benzene rings is 1. The molecule has 2 heteroatoms. The van der Waals surface area contributed by atoms with Gasteiger partial charge in [0.15, 0.2) is 0 Å². The monoisotopic (exact) mass is 198 g/mol. The first-order valence-corrected chi connectivity index (χ1v) is 5.02. The first-order valence-electron chi connectivity index (χ1n) is 5.02. The number of rotatable bonds is 2. The number of nitrogens with two attached hydrogens (primary N) is 1. The molecule has 0 radical (unpaired) electrons. The molecule has 0 spiro atoms. The molecule has 0 saturated carbocycles. The van der Waals surface area contributed by atoms with Crippen molar-refractivity contribution in [1.29, 1.82) is 0 Å². The zero-order chi connectivity index (χ0) is 10.7. The Balaban J connectivity index is 2.61. The Kier molecular flexibility index (Phi) is 2.79. The van der Waals surface area contributed by atoms with Crippen molar-refractivity contribution in [2.75, 3.05) is 6.54 Å². The Labute approximate surface area is 89.4 Å². The minimum atomic E-state index is 0.594. The van der Waals surface area contributed by atoms with E-state index < -0.39 is 0 Å². The first-order chi connectivity index (χ1) is 7.31. The molecule has 0 aliphatic heterocycles. The summed E-state index contributed by atoms with van der Waals surface area (Å²) in [6.45, 7) is 2.63. The van der Waals surface area contributed by atoms with E-state index in [2.05, 4.69) is 17.1 Å². The van der Waals surface area contributed by atoms with Gasteiger partial charge in [-0.2, -0.15) is 0 Å². The summed E-state index contributed by atoms with van der Waals surface area (Å²) >= 11 is 0. The van der Waals surface area contributed by atoms with Gasteiger partial charge in [-0.05, 0) is 24.6 Å². The van der Waals surface area contributed by atoms with Crippen LogP contribution in [0.4, 0.5) is 0 Å². The van der Waals surface area contributed by atoms with Gasteiger partial charge in [0.25, 0.3) is 0 Å². The Morgan fingerprint density at radius 2 is 2.13 bits per heavy atom. The third-order valence-corrected chi connectivity index (χ3v) is 2.41. The van der Waals surface area contributed by atoms with Gasteiger partial charge in [0.2, 0.25) is 0 Å². The van der Waals surface area contributed by atoms with Crippen LogP contribution in [0.2, 0.25) is 0 Å². The van der Waals surface area contributed by atoms with Crippen molar-refractivity contribution >= 4 is 17.0 Å². The average Bonchev–Trinajstić information content (AvgIpc) is 2.29. The summed E-state index contributed by atoms with van der Waals surface area (Å²) in [5, 5.41) is 1.17. The molecule has 2 rings (SSSR count). The summed E-state index contributed by atoms with van der Waals surface area (Å²) in [5.74, 6) is 0. The standard InChI is InChI=1S/C13H14N2/c1-10(9-14)8-11-6-7-15-13-5-3-2-4-12(11)13/h2-8H,9,14H2,1H3. The molecule has 1 heterocycles. The Hall–Kier alpha value is -1.67. The average molecular weight is 198 g/mol. The molecule has 0 aliphatic carbocycles. The van der Waals surface area contributed by atoms with E-state index in [1.807, 2.05) is 37.4 Å². The van der Waals surface area contributed by atoms with Gasteiger partial charge in [-0.15, -0.1) is 0 Å². The van der Waals surface area contributed by atoms with Crippen LogP contribution in [0.25, 0.3) is 17.0 Å². The molecule has 0 aliphatic rings. The third kappa shape index (κ3) is 2.05. The Morgan fingerprint density at radius 3 is 2.93 bits per heavy atom. The van der Waals surface area contributed by atoms with Crippen molar-refractivity contribution in [3.05, 3.63) is 47.7 Å². The number of hydrogen-bond acceptors (Lipinski definition) is 2. The lowest BCUT2D eigenvalue weighted by atomic mass is 10.1. The smallest absolute Gasteiger partial charge is 0.0707 e. The van der Waals surface area contributed by atoms with Crippen molar-refractivity contribution < 1.29 is 0 Å². The molecule has 76 valence electrons. The van der Waals surface area contributed by atoms with E-state index in [0.29, 0.717) is 6.54 Å². The van der Waals surface area contributed by atoms with Crippen LogP contribution in [0.5, 0.6) is 0 Å². The minimum absolute atomic E-state index is 0.594. The van der Waals surface area contributed by atoms with E-state index >= 15 is 0 Å². The summed E-state index contributed by atoms with van der Waals surface area (Å²) < 4.78 is 0. The van der Waals surface area contributed by atoms with Gasteiger partial charge in [-0.1, -0.05) is 29.8 Å². The molecule has 0 bridgehead atoms. The molecular weight excluding hydrogens is 184 g/mol. The van der Waals surface area contributed by atoms with Crippen LogP contribution in [-0.4, -0.2) is 11.5 Å². The van der Waals surface area contributed by atoms with E-state index in [4.69, 9.17) is 5.73 Å². The highest BCUT2D eigenvalue weighted by Crippen LogP contribution is 2.18. The molecule has 0 atom stereocenters. The first kappa shape index (κ1) is 9.87. The second-order valence-electron chi connectivity index (χ2n) is 3.61. The van der Waals surface area contributed by atoms with Crippen LogP contribution >= 0.6 is 0 Å².